The number of nitrogens with zero attached hydrogens (tertiary/aromatic N) is 2. The Hall–Kier alpha value is -1.64. The van der Waals surface area contributed by atoms with E-state index in [2.05, 4.69) is 10.8 Å². The average Bonchev–Trinajstić information content (AvgIpc) is 3.19. The second-order valence-corrected chi connectivity index (χ2v) is 8.97. The normalized spacial score (nSPS) is 16.0. The van der Waals surface area contributed by atoms with Gasteiger partial charge in [0.1, 0.15) is 0 Å². The first-order valence-electron chi connectivity index (χ1n) is 9.22. The highest BCUT2D eigenvalue weighted by molar-refractivity contribution is 7.91. The van der Waals surface area contributed by atoms with E-state index in [1.807, 2.05) is 19.0 Å². The third kappa shape index (κ3) is 3.72. The van der Waals surface area contributed by atoms with Crippen LogP contribution in [0.4, 0.5) is 10.5 Å². The number of nitrogens with two attached hydrogens (primary N) is 1. The summed E-state index contributed by atoms with van der Waals surface area (Å²) in [5.41, 5.74) is 10.4. The molecule has 26 heavy (non-hydrogen) atoms. The van der Waals surface area contributed by atoms with Gasteiger partial charge in [-0.2, -0.15) is 17.4 Å². The second-order valence-electron chi connectivity index (χ2n) is 7.37. The standard InChI is InChI=1S/C18H28N4O3S/c1-21(2)11-5-10-20-26(24,25)22(18(19)23)17-15-8-3-6-13(15)12-14-7-4-9-16(14)17/h12,20H,3-11H2,1-2H3,(H2,19,23). The number of amides is 2. The maximum absolute atomic E-state index is 12.9. The molecule has 2 aliphatic carbocycles. The first kappa shape index (κ1) is 19.1. The highest BCUT2D eigenvalue weighted by atomic mass is 32.2. The molecule has 3 N–H and O–H groups in total. The Bertz CT molecular complexity index is 773. The van der Waals surface area contributed by atoms with Gasteiger partial charge in [-0.3, -0.25) is 0 Å². The molecule has 8 heteroatoms. The van der Waals surface area contributed by atoms with Gasteiger partial charge in [0.25, 0.3) is 0 Å². The van der Waals surface area contributed by atoms with Gasteiger partial charge in [-0.05, 0) is 87.8 Å². The van der Waals surface area contributed by atoms with Crippen molar-refractivity contribution < 1.29 is 13.2 Å². The number of carbonyl (C=O) groups excluding carboxylic acids is 1. The number of fused-ring (bicyclic) bond motifs is 2. The van der Waals surface area contributed by atoms with E-state index in [1.165, 1.54) is 0 Å². The van der Waals surface area contributed by atoms with Gasteiger partial charge in [-0.25, -0.2) is 4.79 Å². The fraction of sp³-hybridized carbons (Fsp3) is 0.611. The molecule has 0 bridgehead atoms. The molecule has 0 heterocycles. The summed E-state index contributed by atoms with van der Waals surface area (Å²) in [6.07, 6.45) is 6.05. The molecule has 0 saturated carbocycles. The van der Waals surface area contributed by atoms with Crippen LogP contribution in [0, 0.1) is 0 Å². The predicted octanol–water partition coefficient (Wildman–Crippen LogP) is 1.34. The number of carbonyl (C=O) groups is 1. The summed E-state index contributed by atoms with van der Waals surface area (Å²) in [6, 6.07) is 1.25. The van der Waals surface area contributed by atoms with Crippen molar-refractivity contribution >= 4 is 21.9 Å². The van der Waals surface area contributed by atoms with Crippen LogP contribution < -0.4 is 14.8 Å². The van der Waals surface area contributed by atoms with E-state index < -0.39 is 16.2 Å². The smallest absolute Gasteiger partial charge is 0.334 e. The Balaban J connectivity index is 1.95. The molecule has 1 aromatic rings. The minimum Gasteiger partial charge on any atom is -0.350 e. The SMILES string of the molecule is CN(C)CCCNS(=O)(=O)N(C(N)=O)c1c2c(cc3c1CCC3)CCC2. The van der Waals surface area contributed by atoms with Crippen molar-refractivity contribution in [2.45, 2.75) is 44.9 Å². The lowest BCUT2D eigenvalue weighted by atomic mass is 9.99. The topological polar surface area (TPSA) is 95.7 Å². The number of urea groups is 1. The van der Waals surface area contributed by atoms with Crippen LogP contribution in [0.3, 0.4) is 0 Å². The summed E-state index contributed by atoms with van der Waals surface area (Å²) in [5.74, 6) is 0. The van der Waals surface area contributed by atoms with E-state index >= 15 is 0 Å². The summed E-state index contributed by atoms with van der Waals surface area (Å²) in [4.78, 5) is 14.2. The largest absolute Gasteiger partial charge is 0.350 e. The Morgan fingerprint density at radius 3 is 2.19 bits per heavy atom. The predicted molar refractivity (Wildman–Crippen MR) is 103 cm³/mol. The zero-order valence-corrected chi connectivity index (χ0v) is 16.4. The molecule has 0 aliphatic heterocycles. The zero-order valence-electron chi connectivity index (χ0n) is 15.5. The lowest BCUT2D eigenvalue weighted by molar-refractivity contribution is 0.256. The number of rotatable bonds is 7. The Labute approximate surface area is 155 Å². The number of hydrogen-bond donors (Lipinski definition) is 2. The molecule has 2 amide bonds. The van der Waals surface area contributed by atoms with Gasteiger partial charge in [0.05, 0.1) is 5.69 Å². The highest BCUT2D eigenvalue weighted by Gasteiger charge is 2.35. The first-order chi connectivity index (χ1) is 12.3. The van der Waals surface area contributed by atoms with Gasteiger partial charge in [0, 0.05) is 6.54 Å². The van der Waals surface area contributed by atoms with Crippen LogP contribution in [0.25, 0.3) is 0 Å². The third-order valence-electron chi connectivity index (χ3n) is 5.15. The summed E-state index contributed by atoms with van der Waals surface area (Å²) in [5, 5.41) is 0. The van der Waals surface area contributed by atoms with Crippen molar-refractivity contribution in [2.75, 3.05) is 31.5 Å². The molecule has 0 atom stereocenters. The minimum atomic E-state index is -4.03. The van der Waals surface area contributed by atoms with Crippen molar-refractivity contribution in [1.29, 1.82) is 0 Å². The van der Waals surface area contributed by atoms with Gasteiger partial charge < -0.3 is 10.6 Å². The molecule has 0 spiro atoms. The lowest BCUT2D eigenvalue weighted by Crippen LogP contribution is -2.48. The van der Waals surface area contributed by atoms with Gasteiger partial charge >= 0.3 is 16.2 Å². The van der Waals surface area contributed by atoms with Crippen LogP contribution >= 0.6 is 0 Å². The third-order valence-corrected chi connectivity index (χ3v) is 6.56. The minimum absolute atomic E-state index is 0.265. The molecular formula is C18H28N4O3S. The van der Waals surface area contributed by atoms with Gasteiger partial charge in [-0.1, -0.05) is 6.07 Å². The maximum atomic E-state index is 12.9. The fourth-order valence-electron chi connectivity index (χ4n) is 4.04. The van der Waals surface area contributed by atoms with E-state index in [0.29, 0.717) is 12.1 Å². The summed E-state index contributed by atoms with van der Waals surface area (Å²) < 4.78 is 29.2. The number of anilines is 1. The number of benzene rings is 1. The van der Waals surface area contributed by atoms with Crippen LogP contribution in [0.15, 0.2) is 6.07 Å². The average molecular weight is 381 g/mol. The van der Waals surface area contributed by atoms with E-state index in [-0.39, 0.29) is 6.54 Å². The summed E-state index contributed by atoms with van der Waals surface area (Å²) in [7, 11) is -0.163. The Morgan fingerprint density at radius 2 is 1.69 bits per heavy atom. The maximum Gasteiger partial charge on any atom is 0.334 e. The number of aryl methyl sites for hydroxylation is 2. The molecule has 0 saturated heterocycles. The van der Waals surface area contributed by atoms with Gasteiger partial charge in [0.2, 0.25) is 0 Å². The van der Waals surface area contributed by atoms with Crippen LogP contribution in [-0.2, 0) is 35.9 Å². The molecular weight excluding hydrogens is 352 g/mol. The monoisotopic (exact) mass is 380 g/mol. The van der Waals surface area contributed by atoms with E-state index in [4.69, 9.17) is 5.73 Å². The number of hydrogen-bond acceptors (Lipinski definition) is 4. The van der Waals surface area contributed by atoms with Gasteiger partial charge in [-0.15, -0.1) is 0 Å². The van der Waals surface area contributed by atoms with Crippen molar-refractivity contribution in [2.24, 2.45) is 5.73 Å². The van der Waals surface area contributed by atoms with Crippen molar-refractivity contribution in [1.82, 2.24) is 9.62 Å². The molecule has 144 valence electrons. The van der Waals surface area contributed by atoms with Crippen LogP contribution in [0.2, 0.25) is 0 Å². The van der Waals surface area contributed by atoms with Gasteiger partial charge in [0.15, 0.2) is 0 Å². The van der Waals surface area contributed by atoms with Crippen molar-refractivity contribution in [3.8, 4) is 0 Å². The quantitative estimate of drug-likeness (QED) is 0.698. The second kappa shape index (κ2) is 7.54. The Morgan fingerprint density at radius 1 is 1.12 bits per heavy atom. The number of nitrogens with one attached hydrogen (secondary N) is 1. The number of primary amides is 1. The molecule has 0 unspecified atom stereocenters. The molecule has 2 aliphatic rings. The van der Waals surface area contributed by atoms with Crippen LogP contribution in [-0.4, -0.2) is 46.5 Å². The molecule has 3 rings (SSSR count). The van der Waals surface area contributed by atoms with Crippen molar-refractivity contribution in [3.05, 3.63) is 28.3 Å². The molecule has 0 fully saturated rings. The highest BCUT2D eigenvalue weighted by Crippen LogP contribution is 2.41. The lowest BCUT2D eigenvalue weighted by Gasteiger charge is -2.26. The van der Waals surface area contributed by atoms with E-state index in [1.54, 1.807) is 0 Å². The van der Waals surface area contributed by atoms with E-state index in [0.717, 1.165) is 71.6 Å². The Kier molecular flexibility index (Phi) is 5.55. The van der Waals surface area contributed by atoms with Crippen molar-refractivity contribution in [3.63, 3.8) is 0 Å². The zero-order chi connectivity index (χ0) is 18.9. The first-order valence-corrected chi connectivity index (χ1v) is 10.7. The fourth-order valence-corrected chi connectivity index (χ4v) is 5.27. The summed E-state index contributed by atoms with van der Waals surface area (Å²) in [6.45, 7) is 1.02. The summed E-state index contributed by atoms with van der Waals surface area (Å²) >= 11 is 0. The molecule has 1 aromatic carbocycles. The molecule has 7 nitrogen and oxygen atoms in total. The van der Waals surface area contributed by atoms with Crippen LogP contribution in [0.5, 0.6) is 0 Å². The van der Waals surface area contributed by atoms with Crippen LogP contribution in [0.1, 0.15) is 41.5 Å². The molecule has 0 aromatic heterocycles. The van der Waals surface area contributed by atoms with E-state index in [9.17, 15) is 13.2 Å². The molecule has 0 radical (unpaired) electrons.